The predicted molar refractivity (Wildman–Crippen MR) is 80.9 cm³/mol. The highest BCUT2D eigenvalue weighted by molar-refractivity contribution is 7.13. The van der Waals surface area contributed by atoms with Crippen LogP contribution in [-0.2, 0) is 4.79 Å². The molecule has 1 aromatic heterocycles. The first-order chi connectivity index (χ1) is 9.79. The molecule has 0 radical (unpaired) electrons. The minimum Gasteiger partial charge on any atom is -0.326 e. The van der Waals surface area contributed by atoms with E-state index in [4.69, 9.17) is 0 Å². The molecule has 4 nitrogen and oxygen atoms in total. The maximum Gasteiger partial charge on any atom is 0.229 e. The van der Waals surface area contributed by atoms with Gasteiger partial charge in [0.2, 0.25) is 5.91 Å². The fourth-order valence-corrected chi connectivity index (χ4v) is 4.12. The van der Waals surface area contributed by atoms with Crippen LogP contribution in [0.2, 0.25) is 0 Å². The molecule has 0 saturated carbocycles. The quantitative estimate of drug-likeness (QED) is 0.923. The number of nitrogens with one attached hydrogen (secondary N) is 1. The smallest absolute Gasteiger partial charge is 0.229 e. The molecule has 1 unspecified atom stereocenters. The zero-order valence-corrected chi connectivity index (χ0v) is 12.0. The van der Waals surface area contributed by atoms with Gasteiger partial charge in [0.1, 0.15) is 0 Å². The molecule has 0 spiro atoms. The molecule has 0 aliphatic carbocycles. The van der Waals surface area contributed by atoms with Crippen LogP contribution in [0.1, 0.15) is 12.8 Å². The number of carbonyl (C=O) groups excluding carboxylic acids is 1. The molecule has 1 aromatic carbocycles. The average molecular weight is 287 g/mol. The lowest BCUT2D eigenvalue weighted by molar-refractivity contribution is -0.125. The molecule has 2 aromatic rings. The van der Waals surface area contributed by atoms with Crippen molar-refractivity contribution in [3.8, 4) is 0 Å². The minimum atomic E-state index is 0.162. The number of nitrogens with zero attached hydrogens (tertiary/aromatic N) is 2. The largest absolute Gasteiger partial charge is 0.326 e. The Morgan fingerprint density at radius 2 is 2.20 bits per heavy atom. The number of hydrogen-bond donors (Lipinski definition) is 1. The molecule has 3 fully saturated rings. The molecule has 20 heavy (non-hydrogen) atoms. The second-order valence-electron chi connectivity index (χ2n) is 5.81. The standard InChI is InChI=1S/C15H17N3OS/c19-15(13-9-18-5-3-10(13)4-6-18)17-12-2-1-11-8-16-20-14(11)7-12/h1-2,7-8,10,13H,3-6,9H2,(H,17,19). The van der Waals surface area contributed by atoms with Crippen molar-refractivity contribution in [2.45, 2.75) is 12.8 Å². The Balaban J connectivity index is 1.51. The average Bonchev–Trinajstić information content (AvgIpc) is 2.96. The summed E-state index contributed by atoms with van der Waals surface area (Å²) in [5.74, 6) is 0.921. The third-order valence-electron chi connectivity index (χ3n) is 4.62. The van der Waals surface area contributed by atoms with E-state index < -0.39 is 0 Å². The van der Waals surface area contributed by atoms with E-state index in [2.05, 4.69) is 14.6 Å². The molecule has 3 aliphatic rings. The van der Waals surface area contributed by atoms with E-state index in [1.54, 1.807) is 0 Å². The topological polar surface area (TPSA) is 45.2 Å². The van der Waals surface area contributed by atoms with Crippen molar-refractivity contribution in [1.29, 1.82) is 0 Å². The van der Waals surface area contributed by atoms with Crippen LogP contribution >= 0.6 is 11.5 Å². The summed E-state index contributed by atoms with van der Waals surface area (Å²) in [7, 11) is 0. The van der Waals surface area contributed by atoms with Crippen molar-refractivity contribution in [2.24, 2.45) is 11.8 Å². The number of anilines is 1. The number of hydrogen-bond acceptors (Lipinski definition) is 4. The Kier molecular flexibility index (Phi) is 2.97. The lowest BCUT2D eigenvalue weighted by Gasteiger charge is -2.43. The Hall–Kier alpha value is -1.46. The van der Waals surface area contributed by atoms with Crippen LogP contribution in [-0.4, -0.2) is 34.8 Å². The molecule has 5 rings (SSSR count). The third-order valence-corrected chi connectivity index (χ3v) is 5.38. The van der Waals surface area contributed by atoms with Gasteiger partial charge in [0.25, 0.3) is 0 Å². The first kappa shape index (κ1) is 12.3. The predicted octanol–water partition coefficient (Wildman–Crippen LogP) is 2.58. The van der Waals surface area contributed by atoms with Crippen molar-refractivity contribution in [3.05, 3.63) is 24.4 Å². The molecule has 1 amide bonds. The van der Waals surface area contributed by atoms with Gasteiger partial charge in [-0.3, -0.25) is 4.79 Å². The van der Waals surface area contributed by atoms with E-state index in [9.17, 15) is 4.79 Å². The molecule has 3 saturated heterocycles. The van der Waals surface area contributed by atoms with Crippen LogP contribution in [0.25, 0.3) is 10.1 Å². The Bertz CT molecular complexity index is 645. The van der Waals surface area contributed by atoms with Crippen LogP contribution in [0.15, 0.2) is 24.4 Å². The summed E-state index contributed by atoms with van der Waals surface area (Å²) in [6, 6.07) is 6.01. The molecule has 1 N–H and O–H groups in total. The fraction of sp³-hybridized carbons (Fsp3) is 0.467. The van der Waals surface area contributed by atoms with Gasteiger partial charge in [-0.1, -0.05) is 0 Å². The van der Waals surface area contributed by atoms with Crippen LogP contribution < -0.4 is 5.32 Å². The summed E-state index contributed by atoms with van der Waals surface area (Å²) >= 11 is 1.47. The third kappa shape index (κ3) is 2.11. The van der Waals surface area contributed by atoms with Crippen LogP contribution in [0.4, 0.5) is 5.69 Å². The Labute approximate surface area is 121 Å². The number of amides is 1. The molecule has 4 heterocycles. The van der Waals surface area contributed by atoms with E-state index in [0.29, 0.717) is 5.92 Å². The van der Waals surface area contributed by atoms with Crippen molar-refractivity contribution in [3.63, 3.8) is 0 Å². The number of aromatic nitrogens is 1. The van der Waals surface area contributed by atoms with Crippen LogP contribution in [0.3, 0.4) is 0 Å². The number of fused-ring (bicyclic) bond motifs is 4. The second kappa shape index (κ2) is 4.82. The molecular formula is C15H17N3OS. The summed E-state index contributed by atoms with van der Waals surface area (Å²) in [5, 5.41) is 4.23. The Morgan fingerprint density at radius 3 is 2.95 bits per heavy atom. The highest BCUT2D eigenvalue weighted by Gasteiger charge is 2.38. The fourth-order valence-electron chi connectivity index (χ4n) is 3.43. The zero-order valence-electron chi connectivity index (χ0n) is 11.2. The van der Waals surface area contributed by atoms with Crippen LogP contribution in [0, 0.1) is 11.8 Å². The van der Waals surface area contributed by atoms with E-state index >= 15 is 0 Å². The first-order valence-corrected chi connectivity index (χ1v) is 7.94. The normalized spacial score (nSPS) is 28.7. The minimum absolute atomic E-state index is 0.162. The van der Waals surface area contributed by atoms with Gasteiger partial charge in [-0.25, -0.2) is 0 Å². The number of benzene rings is 1. The van der Waals surface area contributed by atoms with Crippen molar-refractivity contribution in [2.75, 3.05) is 25.0 Å². The Morgan fingerprint density at radius 1 is 1.35 bits per heavy atom. The van der Waals surface area contributed by atoms with E-state index in [0.717, 1.165) is 22.3 Å². The monoisotopic (exact) mass is 287 g/mol. The van der Waals surface area contributed by atoms with Gasteiger partial charge in [-0.2, -0.15) is 4.37 Å². The van der Waals surface area contributed by atoms with Crippen molar-refractivity contribution in [1.82, 2.24) is 9.27 Å². The molecule has 5 heteroatoms. The van der Waals surface area contributed by atoms with E-state index in [-0.39, 0.29) is 11.8 Å². The first-order valence-electron chi connectivity index (χ1n) is 7.17. The van der Waals surface area contributed by atoms with Gasteiger partial charge >= 0.3 is 0 Å². The van der Waals surface area contributed by atoms with Gasteiger partial charge in [0.05, 0.1) is 10.6 Å². The zero-order chi connectivity index (χ0) is 13.5. The molecule has 1 atom stereocenters. The summed E-state index contributed by atoms with van der Waals surface area (Å²) in [6.07, 6.45) is 4.21. The molecule has 2 bridgehead atoms. The van der Waals surface area contributed by atoms with Crippen molar-refractivity contribution < 1.29 is 4.79 Å². The number of rotatable bonds is 2. The lowest BCUT2D eigenvalue weighted by atomic mass is 9.78. The van der Waals surface area contributed by atoms with E-state index in [1.807, 2.05) is 24.4 Å². The SMILES string of the molecule is O=C(Nc1ccc2cnsc2c1)C1CN2CCC1CC2. The maximum absolute atomic E-state index is 12.5. The highest BCUT2D eigenvalue weighted by Crippen LogP contribution is 2.33. The number of piperidine rings is 3. The van der Waals surface area contributed by atoms with Gasteiger partial charge in [0.15, 0.2) is 0 Å². The van der Waals surface area contributed by atoms with Crippen molar-refractivity contribution >= 4 is 33.2 Å². The molecule has 104 valence electrons. The summed E-state index contributed by atoms with van der Waals surface area (Å²) in [6.45, 7) is 3.27. The molecular weight excluding hydrogens is 270 g/mol. The van der Waals surface area contributed by atoms with Gasteiger partial charge in [-0.05, 0) is 61.6 Å². The molecule has 3 aliphatic heterocycles. The summed E-state index contributed by atoms with van der Waals surface area (Å²) in [5.41, 5.74) is 0.892. The maximum atomic E-state index is 12.5. The summed E-state index contributed by atoms with van der Waals surface area (Å²) < 4.78 is 5.29. The lowest BCUT2D eigenvalue weighted by Crippen LogP contribution is -2.51. The second-order valence-corrected chi connectivity index (χ2v) is 6.65. The van der Waals surface area contributed by atoms with Crippen LogP contribution in [0.5, 0.6) is 0 Å². The highest BCUT2D eigenvalue weighted by atomic mass is 32.1. The van der Waals surface area contributed by atoms with Gasteiger partial charge in [0, 0.05) is 23.8 Å². The van der Waals surface area contributed by atoms with E-state index in [1.165, 1.54) is 37.5 Å². The number of carbonyl (C=O) groups is 1. The van der Waals surface area contributed by atoms with Gasteiger partial charge < -0.3 is 10.2 Å². The van der Waals surface area contributed by atoms with Gasteiger partial charge in [-0.15, -0.1) is 0 Å². The summed E-state index contributed by atoms with van der Waals surface area (Å²) in [4.78, 5) is 14.9.